The van der Waals surface area contributed by atoms with Crippen LogP contribution >= 0.6 is 0 Å². The van der Waals surface area contributed by atoms with E-state index in [0.29, 0.717) is 0 Å². The Morgan fingerprint density at radius 2 is 1.44 bits per heavy atom. The Morgan fingerprint density at radius 1 is 1.00 bits per heavy atom. The van der Waals surface area contributed by atoms with E-state index in [2.05, 4.69) is 6.92 Å². The Kier molecular flexibility index (Phi) is 58.7. The van der Waals surface area contributed by atoms with E-state index in [4.69, 9.17) is 0 Å². The maximum Gasteiger partial charge on any atom is -0.870 e. The molecule has 4 heteroatoms. The SMILES string of the molecule is CCCC[CH2][Sn+3].[OH-].[OH-].[OH-]. The molecule has 3 nitrogen and oxygen atoms in total. The van der Waals surface area contributed by atoms with Crippen LogP contribution in [0, 0.1) is 0 Å². The van der Waals surface area contributed by atoms with Gasteiger partial charge in [-0.2, -0.15) is 0 Å². The maximum absolute atomic E-state index is 2.24. The van der Waals surface area contributed by atoms with Crippen LogP contribution in [0.2, 0.25) is 4.44 Å². The topological polar surface area (TPSA) is 90.0 Å². The van der Waals surface area contributed by atoms with E-state index in [9.17, 15) is 0 Å². The van der Waals surface area contributed by atoms with Crippen molar-refractivity contribution in [3.05, 3.63) is 0 Å². The minimum atomic E-state index is 0. The van der Waals surface area contributed by atoms with Crippen molar-refractivity contribution in [2.75, 3.05) is 0 Å². The summed E-state index contributed by atoms with van der Waals surface area (Å²) >= 11 is 1.69. The number of hydrogen-bond acceptors (Lipinski definition) is 3. The molecule has 0 bridgehead atoms. The zero-order valence-corrected chi connectivity index (χ0v) is 8.52. The molecule has 0 aliphatic carbocycles. The zero-order chi connectivity index (χ0) is 4.83. The average Bonchev–Trinajstić information content (AvgIpc) is 1.61. The molecule has 0 atom stereocenters. The molecule has 0 aliphatic rings. The Labute approximate surface area is 69.9 Å². The molecule has 0 spiro atoms. The van der Waals surface area contributed by atoms with Gasteiger partial charge in [0, 0.05) is 0 Å². The fraction of sp³-hybridized carbons (Fsp3) is 1.00. The molecule has 0 unspecified atom stereocenters. The Balaban J connectivity index is -0.0000000417. The molecule has 0 heterocycles. The van der Waals surface area contributed by atoms with Crippen LogP contribution in [0.15, 0.2) is 0 Å². The van der Waals surface area contributed by atoms with Gasteiger partial charge in [0.25, 0.3) is 0 Å². The summed E-state index contributed by atoms with van der Waals surface area (Å²) in [5.41, 5.74) is 0. The van der Waals surface area contributed by atoms with Crippen LogP contribution in [-0.4, -0.2) is 39.0 Å². The van der Waals surface area contributed by atoms with E-state index >= 15 is 0 Å². The Hall–Kier alpha value is 0.679. The first kappa shape index (κ1) is 22.6. The summed E-state index contributed by atoms with van der Waals surface area (Å²) in [7, 11) is 0. The first-order valence-corrected chi connectivity index (χ1v) is 4.58. The fourth-order valence-electron chi connectivity index (χ4n) is 0.375. The summed E-state index contributed by atoms with van der Waals surface area (Å²) in [4.78, 5) is 0. The van der Waals surface area contributed by atoms with Crippen molar-refractivity contribution in [1.82, 2.24) is 0 Å². The van der Waals surface area contributed by atoms with E-state index in [1.54, 1.807) is 22.5 Å². The first-order chi connectivity index (χ1) is 2.91. The smallest absolute Gasteiger partial charge is 0.870 e. The van der Waals surface area contributed by atoms with Crippen LogP contribution in [0.1, 0.15) is 26.2 Å². The molecule has 0 aromatic carbocycles. The molecule has 0 rings (SSSR count). The van der Waals surface area contributed by atoms with Gasteiger partial charge < -0.3 is 16.4 Å². The number of unbranched alkanes of at least 4 members (excludes halogenated alkanes) is 2. The quantitative estimate of drug-likeness (QED) is 0.549. The van der Waals surface area contributed by atoms with E-state index in [1.165, 1.54) is 23.7 Å². The predicted octanol–water partition coefficient (Wildman–Crippen LogP) is 1.23. The second kappa shape index (κ2) is 23.4. The molecule has 0 saturated carbocycles. The van der Waals surface area contributed by atoms with Gasteiger partial charge in [-0.25, -0.2) is 0 Å². The van der Waals surface area contributed by atoms with Crippen LogP contribution in [0.5, 0.6) is 0 Å². The van der Waals surface area contributed by atoms with Gasteiger partial charge in [0.1, 0.15) is 0 Å². The largest absolute Gasteiger partial charge is 0.870 e. The second-order valence-electron chi connectivity index (χ2n) is 1.46. The van der Waals surface area contributed by atoms with Gasteiger partial charge in [0.05, 0.1) is 0 Å². The Morgan fingerprint density at radius 3 is 1.56 bits per heavy atom. The van der Waals surface area contributed by atoms with Crippen molar-refractivity contribution >= 4 is 22.5 Å². The third-order valence-corrected chi connectivity index (χ3v) is 1.79. The molecule has 0 fully saturated rings. The number of rotatable bonds is 3. The van der Waals surface area contributed by atoms with Crippen LogP contribution in [0.4, 0.5) is 0 Å². The van der Waals surface area contributed by atoms with Crippen molar-refractivity contribution in [2.24, 2.45) is 0 Å². The molecule has 3 N–H and O–H groups in total. The van der Waals surface area contributed by atoms with E-state index in [-0.39, 0.29) is 16.4 Å². The normalized spacial score (nSPS) is 6.11. The van der Waals surface area contributed by atoms with Crippen molar-refractivity contribution in [3.8, 4) is 0 Å². The van der Waals surface area contributed by atoms with Crippen LogP contribution in [-0.2, 0) is 0 Å². The fourth-order valence-corrected chi connectivity index (χ4v) is 1.09. The number of hydrogen-bond donors (Lipinski definition) is 0. The van der Waals surface area contributed by atoms with Gasteiger partial charge in [-0.15, -0.1) is 0 Å². The molecular formula is C5H14O3Sn. The van der Waals surface area contributed by atoms with Crippen LogP contribution in [0.25, 0.3) is 0 Å². The molecule has 0 amide bonds. The van der Waals surface area contributed by atoms with Crippen molar-refractivity contribution in [2.45, 2.75) is 30.6 Å². The molecule has 0 radical (unpaired) electrons. The van der Waals surface area contributed by atoms with Gasteiger partial charge >= 0.3 is 53.1 Å². The molecule has 0 saturated heterocycles. The average molecular weight is 241 g/mol. The molecule has 0 aliphatic heterocycles. The maximum atomic E-state index is 2.24. The third-order valence-electron chi connectivity index (χ3n) is 0.780. The predicted molar refractivity (Wildman–Crippen MR) is 35.9 cm³/mol. The van der Waals surface area contributed by atoms with Crippen molar-refractivity contribution in [1.29, 1.82) is 0 Å². The van der Waals surface area contributed by atoms with Crippen LogP contribution in [0.3, 0.4) is 0 Å². The van der Waals surface area contributed by atoms with E-state index in [0.717, 1.165) is 0 Å². The molecule has 9 heavy (non-hydrogen) atoms. The van der Waals surface area contributed by atoms with Gasteiger partial charge in [-0.05, 0) is 0 Å². The summed E-state index contributed by atoms with van der Waals surface area (Å²) in [6.07, 6.45) is 4.26. The minimum Gasteiger partial charge on any atom is -0.870 e. The van der Waals surface area contributed by atoms with Crippen molar-refractivity contribution < 1.29 is 16.4 Å². The van der Waals surface area contributed by atoms with E-state index < -0.39 is 0 Å². The Bertz CT molecular complexity index is 24.2. The summed E-state index contributed by atoms with van der Waals surface area (Å²) in [6, 6.07) is 0. The van der Waals surface area contributed by atoms with Gasteiger partial charge in [-0.1, -0.05) is 0 Å². The minimum absolute atomic E-state index is 0. The van der Waals surface area contributed by atoms with Gasteiger partial charge in [-0.3, -0.25) is 0 Å². The standard InChI is InChI=1S/C5H11.3H2O.Sn/c1-3-5-4-2;;;;/h1,3-5H2,2H3;3*1H2;/q;;;;+3/p-3. The summed E-state index contributed by atoms with van der Waals surface area (Å²) in [5.74, 6) is 0. The third kappa shape index (κ3) is 28.6. The zero-order valence-electron chi connectivity index (χ0n) is 5.67. The summed E-state index contributed by atoms with van der Waals surface area (Å²) in [5, 5.41) is 0. The second-order valence-corrected chi connectivity index (χ2v) is 2.88. The van der Waals surface area contributed by atoms with Crippen LogP contribution < -0.4 is 0 Å². The molecular weight excluding hydrogens is 227 g/mol. The first-order valence-electron chi connectivity index (χ1n) is 2.56. The summed E-state index contributed by atoms with van der Waals surface area (Å²) < 4.78 is 1.44. The molecule has 56 valence electrons. The molecule has 0 aromatic rings. The summed E-state index contributed by atoms with van der Waals surface area (Å²) in [6.45, 7) is 2.24. The van der Waals surface area contributed by atoms with Gasteiger partial charge in [0.2, 0.25) is 0 Å². The van der Waals surface area contributed by atoms with Gasteiger partial charge in [0.15, 0.2) is 0 Å². The van der Waals surface area contributed by atoms with E-state index in [1.807, 2.05) is 0 Å². The molecule has 0 aromatic heterocycles. The monoisotopic (exact) mass is 242 g/mol. The van der Waals surface area contributed by atoms with Crippen molar-refractivity contribution in [3.63, 3.8) is 0 Å².